The van der Waals surface area contributed by atoms with Crippen molar-refractivity contribution in [3.63, 3.8) is 0 Å². The van der Waals surface area contributed by atoms with Gasteiger partial charge in [-0.1, -0.05) is 30.3 Å². The number of carbonyl (C=O) groups is 3. The van der Waals surface area contributed by atoms with E-state index in [1.807, 2.05) is 56.0 Å². The molecule has 8 heteroatoms. The number of nitrogens with zero attached hydrogens (tertiary/aromatic N) is 2. The van der Waals surface area contributed by atoms with E-state index in [4.69, 9.17) is 9.47 Å². The molecule has 1 atom stereocenters. The lowest BCUT2D eigenvalue weighted by atomic mass is 9.82. The number of benzene rings is 1. The fourth-order valence-corrected chi connectivity index (χ4v) is 3.68. The van der Waals surface area contributed by atoms with Gasteiger partial charge in [0.05, 0.1) is 6.61 Å². The quantitative estimate of drug-likeness (QED) is 0.678. The summed E-state index contributed by atoms with van der Waals surface area (Å²) in [5, 5.41) is 9.32. The molecule has 8 nitrogen and oxygen atoms in total. The van der Waals surface area contributed by atoms with Crippen molar-refractivity contribution in [2.75, 3.05) is 32.8 Å². The minimum atomic E-state index is -1.23. The standard InChI is InChI=1S/C22H32N2O6/c1-5-29-19(27)22(12-11-18(25)26,17-9-7-6-8-10-17)24-15-13-23(14-16-24)20(28)30-21(2,3)4/h6-10H,5,11-16H2,1-4H3,(H,25,26). The number of carbonyl (C=O) groups excluding carboxylic acids is 2. The van der Waals surface area contributed by atoms with Crippen LogP contribution in [0.1, 0.15) is 46.1 Å². The third-order valence-corrected chi connectivity index (χ3v) is 5.04. The van der Waals surface area contributed by atoms with Gasteiger partial charge in [0.1, 0.15) is 11.1 Å². The number of hydrogen-bond donors (Lipinski definition) is 1. The van der Waals surface area contributed by atoms with E-state index in [1.165, 1.54) is 0 Å². The molecular weight excluding hydrogens is 388 g/mol. The van der Waals surface area contributed by atoms with Gasteiger partial charge in [-0.2, -0.15) is 0 Å². The molecular formula is C22H32N2O6. The van der Waals surface area contributed by atoms with Crippen LogP contribution in [0.2, 0.25) is 0 Å². The first-order valence-electron chi connectivity index (χ1n) is 10.3. The Morgan fingerprint density at radius 1 is 1.03 bits per heavy atom. The molecule has 2 rings (SSSR count). The summed E-state index contributed by atoms with van der Waals surface area (Å²) in [5.74, 6) is -1.45. The first kappa shape index (κ1) is 23.7. The average Bonchev–Trinajstić information content (AvgIpc) is 2.68. The molecule has 1 amide bonds. The van der Waals surface area contributed by atoms with Crippen LogP contribution in [0.15, 0.2) is 30.3 Å². The van der Waals surface area contributed by atoms with Gasteiger partial charge in [0.15, 0.2) is 0 Å². The number of hydrogen-bond acceptors (Lipinski definition) is 6. The van der Waals surface area contributed by atoms with Crippen molar-refractivity contribution in [1.29, 1.82) is 0 Å². The number of carboxylic acids is 1. The summed E-state index contributed by atoms with van der Waals surface area (Å²) < 4.78 is 10.9. The summed E-state index contributed by atoms with van der Waals surface area (Å²) in [6.07, 6.45) is -0.494. The molecule has 1 aromatic carbocycles. The van der Waals surface area contributed by atoms with Gasteiger partial charge in [-0.05, 0) is 39.7 Å². The molecule has 0 aromatic heterocycles. The smallest absolute Gasteiger partial charge is 0.410 e. The molecule has 1 aliphatic heterocycles. The predicted octanol–water partition coefficient (Wildman–Crippen LogP) is 2.86. The van der Waals surface area contributed by atoms with E-state index >= 15 is 0 Å². The first-order chi connectivity index (χ1) is 14.1. The molecule has 1 heterocycles. The second-order valence-corrected chi connectivity index (χ2v) is 8.29. The number of rotatable bonds is 7. The largest absolute Gasteiger partial charge is 0.481 e. The summed E-state index contributed by atoms with van der Waals surface area (Å²) in [6, 6.07) is 9.12. The van der Waals surface area contributed by atoms with E-state index in [1.54, 1.807) is 11.8 Å². The molecule has 1 saturated heterocycles. The van der Waals surface area contributed by atoms with E-state index in [-0.39, 0.29) is 19.4 Å². The van der Waals surface area contributed by atoms with Crippen LogP contribution >= 0.6 is 0 Å². The molecule has 0 radical (unpaired) electrons. The maximum absolute atomic E-state index is 13.2. The molecule has 0 spiro atoms. The number of piperazine rings is 1. The zero-order valence-corrected chi connectivity index (χ0v) is 18.2. The van der Waals surface area contributed by atoms with Crippen LogP contribution in [-0.4, -0.2) is 71.3 Å². The number of esters is 1. The Hall–Kier alpha value is -2.61. The monoisotopic (exact) mass is 420 g/mol. The summed E-state index contributed by atoms with van der Waals surface area (Å²) in [7, 11) is 0. The highest BCUT2D eigenvalue weighted by molar-refractivity contribution is 5.83. The van der Waals surface area contributed by atoms with Crippen molar-refractivity contribution in [3.05, 3.63) is 35.9 Å². The topological polar surface area (TPSA) is 96.4 Å². The van der Waals surface area contributed by atoms with Gasteiger partial charge < -0.3 is 19.5 Å². The van der Waals surface area contributed by atoms with Crippen LogP contribution in [0.5, 0.6) is 0 Å². The molecule has 1 aliphatic rings. The molecule has 0 saturated carbocycles. The van der Waals surface area contributed by atoms with Crippen LogP contribution in [-0.2, 0) is 24.6 Å². The Morgan fingerprint density at radius 3 is 2.13 bits per heavy atom. The van der Waals surface area contributed by atoms with Crippen molar-refractivity contribution in [3.8, 4) is 0 Å². The average molecular weight is 421 g/mol. The van der Waals surface area contributed by atoms with E-state index in [9.17, 15) is 19.5 Å². The SMILES string of the molecule is CCOC(=O)C(CCC(=O)O)(c1ccccc1)N1CCN(C(=O)OC(C)(C)C)CC1. The lowest BCUT2D eigenvalue weighted by Gasteiger charge is -2.46. The predicted molar refractivity (Wildman–Crippen MR) is 111 cm³/mol. The number of carboxylic acid groups (broad SMARTS) is 1. The molecule has 1 unspecified atom stereocenters. The lowest BCUT2D eigenvalue weighted by Crippen LogP contribution is -2.60. The van der Waals surface area contributed by atoms with Gasteiger partial charge in [0.2, 0.25) is 0 Å². The Labute approximate surface area is 177 Å². The van der Waals surface area contributed by atoms with Crippen molar-refractivity contribution >= 4 is 18.0 Å². The maximum Gasteiger partial charge on any atom is 0.410 e. The normalized spacial score (nSPS) is 17.1. The third kappa shape index (κ3) is 5.72. The second-order valence-electron chi connectivity index (χ2n) is 8.29. The number of ether oxygens (including phenoxy) is 2. The van der Waals surface area contributed by atoms with Crippen molar-refractivity contribution in [2.45, 2.75) is 51.7 Å². The Morgan fingerprint density at radius 2 is 1.63 bits per heavy atom. The van der Waals surface area contributed by atoms with Crippen LogP contribution in [0.3, 0.4) is 0 Å². The molecule has 1 N–H and O–H groups in total. The van der Waals surface area contributed by atoms with E-state index in [0.29, 0.717) is 31.7 Å². The highest BCUT2D eigenvalue weighted by Crippen LogP contribution is 2.36. The van der Waals surface area contributed by atoms with Gasteiger partial charge in [-0.3, -0.25) is 9.69 Å². The van der Waals surface area contributed by atoms with E-state index in [0.717, 1.165) is 0 Å². The van der Waals surface area contributed by atoms with Crippen LogP contribution < -0.4 is 0 Å². The Kier molecular flexibility index (Phi) is 7.83. The van der Waals surface area contributed by atoms with Gasteiger partial charge in [-0.15, -0.1) is 0 Å². The molecule has 1 aromatic rings. The van der Waals surface area contributed by atoms with Crippen molar-refractivity contribution in [1.82, 2.24) is 9.80 Å². The molecule has 1 fully saturated rings. The van der Waals surface area contributed by atoms with Crippen molar-refractivity contribution in [2.24, 2.45) is 0 Å². The fourth-order valence-electron chi connectivity index (χ4n) is 3.68. The molecule has 30 heavy (non-hydrogen) atoms. The molecule has 0 aliphatic carbocycles. The van der Waals surface area contributed by atoms with E-state index in [2.05, 4.69) is 0 Å². The van der Waals surface area contributed by atoms with Gasteiger partial charge in [0.25, 0.3) is 0 Å². The summed E-state index contributed by atoms with van der Waals surface area (Å²) >= 11 is 0. The molecule has 166 valence electrons. The summed E-state index contributed by atoms with van der Waals surface area (Å²) in [5.41, 5.74) is -1.13. The third-order valence-electron chi connectivity index (χ3n) is 5.04. The Balaban J connectivity index is 2.32. The van der Waals surface area contributed by atoms with Crippen LogP contribution in [0.25, 0.3) is 0 Å². The fraction of sp³-hybridized carbons (Fsp3) is 0.591. The zero-order valence-electron chi connectivity index (χ0n) is 18.2. The van der Waals surface area contributed by atoms with Crippen LogP contribution in [0.4, 0.5) is 4.79 Å². The highest BCUT2D eigenvalue weighted by Gasteiger charge is 2.48. The van der Waals surface area contributed by atoms with Crippen LogP contribution in [0, 0.1) is 0 Å². The van der Waals surface area contributed by atoms with E-state index < -0.39 is 29.2 Å². The minimum absolute atomic E-state index is 0.0810. The molecule has 0 bridgehead atoms. The lowest BCUT2D eigenvalue weighted by molar-refractivity contribution is -0.162. The first-order valence-corrected chi connectivity index (χ1v) is 10.3. The minimum Gasteiger partial charge on any atom is -0.481 e. The number of amides is 1. The van der Waals surface area contributed by atoms with Crippen molar-refractivity contribution < 1.29 is 29.0 Å². The van der Waals surface area contributed by atoms with Gasteiger partial charge >= 0.3 is 18.0 Å². The van der Waals surface area contributed by atoms with Gasteiger partial charge in [-0.25, -0.2) is 9.59 Å². The maximum atomic E-state index is 13.2. The summed E-state index contributed by atoms with van der Waals surface area (Å²) in [6.45, 7) is 8.89. The Bertz CT molecular complexity index is 738. The number of aliphatic carboxylic acids is 1. The summed E-state index contributed by atoms with van der Waals surface area (Å²) in [4.78, 5) is 40.5. The second kappa shape index (κ2) is 9.93. The highest BCUT2D eigenvalue weighted by atomic mass is 16.6. The zero-order chi connectivity index (χ0) is 22.4. The van der Waals surface area contributed by atoms with Gasteiger partial charge in [0, 0.05) is 32.6 Å².